The highest BCUT2D eigenvalue weighted by atomic mass is 16.3. The predicted molar refractivity (Wildman–Crippen MR) is 73.5 cm³/mol. The van der Waals surface area contributed by atoms with E-state index >= 15 is 0 Å². The average molecular weight is 253 g/mol. The molecule has 0 aliphatic heterocycles. The van der Waals surface area contributed by atoms with Crippen molar-refractivity contribution < 1.29 is 9.21 Å². The van der Waals surface area contributed by atoms with Gasteiger partial charge < -0.3 is 9.32 Å². The van der Waals surface area contributed by atoms with Gasteiger partial charge in [-0.1, -0.05) is 24.3 Å². The van der Waals surface area contributed by atoms with Gasteiger partial charge in [-0.3, -0.25) is 4.79 Å². The number of furan rings is 1. The topological polar surface area (TPSA) is 33.5 Å². The molecular formula is C16H15NO2. The number of fused-ring (bicyclic) bond motifs is 1. The first-order valence-electron chi connectivity index (χ1n) is 6.34. The van der Waals surface area contributed by atoms with E-state index in [2.05, 4.69) is 24.3 Å². The van der Waals surface area contributed by atoms with E-state index in [-0.39, 0.29) is 5.91 Å². The monoisotopic (exact) mass is 253 g/mol. The number of hydrogen-bond donors (Lipinski definition) is 0. The standard InChI is InChI=1S/C16H15NO2/c1-17(16(18)14-8-9-19-11-14)15-7-6-12-4-2-3-5-13(12)10-15/h2-5,8-11H,6-7H2,1H3. The fraction of sp³-hybridized carbons (Fsp3) is 0.188. The fourth-order valence-electron chi connectivity index (χ4n) is 2.39. The summed E-state index contributed by atoms with van der Waals surface area (Å²) >= 11 is 0. The molecule has 19 heavy (non-hydrogen) atoms. The second-order valence-corrected chi connectivity index (χ2v) is 4.71. The Hall–Kier alpha value is -2.29. The summed E-state index contributed by atoms with van der Waals surface area (Å²) in [7, 11) is 1.81. The van der Waals surface area contributed by atoms with Crippen LogP contribution in [0.1, 0.15) is 27.9 Å². The Kier molecular flexibility index (Phi) is 2.95. The summed E-state index contributed by atoms with van der Waals surface area (Å²) in [6.07, 6.45) is 6.96. The van der Waals surface area contributed by atoms with Crippen molar-refractivity contribution in [3.05, 3.63) is 65.2 Å². The van der Waals surface area contributed by atoms with Gasteiger partial charge in [0.2, 0.25) is 0 Å². The van der Waals surface area contributed by atoms with Gasteiger partial charge in [0.15, 0.2) is 0 Å². The third kappa shape index (κ3) is 2.19. The number of aryl methyl sites for hydroxylation is 1. The molecule has 2 aromatic rings. The Morgan fingerprint density at radius 2 is 2.05 bits per heavy atom. The van der Waals surface area contributed by atoms with Crippen LogP contribution in [0.25, 0.3) is 6.08 Å². The van der Waals surface area contributed by atoms with E-state index in [0.717, 1.165) is 18.5 Å². The van der Waals surface area contributed by atoms with Crippen LogP contribution in [-0.4, -0.2) is 17.9 Å². The summed E-state index contributed by atoms with van der Waals surface area (Å²) in [5.74, 6) is -0.0284. The molecule has 0 unspecified atom stereocenters. The molecule has 0 atom stereocenters. The van der Waals surface area contributed by atoms with E-state index in [4.69, 9.17) is 4.42 Å². The van der Waals surface area contributed by atoms with Gasteiger partial charge in [-0.2, -0.15) is 0 Å². The van der Waals surface area contributed by atoms with Gasteiger partial charge in [-0.15, -0.1) is 0 Å². The van der Waals surface area contributed by atoms with Crippen LogP contribution >= 0.6 is 0 Å². The van der Waals surface area contributed by atoms with Crippen LogP contribution in [-0.2, 0) is 6.42 Å². The molecular weight excluding hydrogens is 238 g/mol. The maximum Gasteiger partial charge on any atom is 0.261 e. The highest BCUT2D eigenvalue weighted by molar-refractivity contribution is 5.95. The zero-order valence-corrected chi connectivity index (χ0v) is 10.8. The first-order chi connectivity index (χ1) is 9.25. The molecule has 0 bridgehead atoms. The van der Waals surface area contributed by atoms with Crippen molar-refractivity contribution in [1.82, 2.24) is 4.90 Å². The molecule has 3 heteroatoms. The Balaban J connectivity index is 1.88. The van der Waals surface area contributed by atoms with Crippen molar-refractivity contribution >= 4 is 12.0 Å². The van der Waals surface area contributed by atoms with Crippen LogP contribution in [0.2, 0.25) is 0 Å². The van der Waals surface area contributed by atoms with Crippen LogP contribution in [0.5, 0.6) is 0 Å². The molecule has 0 fully saturated rings. The fourth-order valence-corrected chi connectivity index (χ4v) is 2.39. The lowest BCUT2D eigenvalue weighted by atomic mass is 9.95. The van der Waals surface area contributed by atoms with E-state index in [9.17, 15) is 4.79 Å². The Morgan fingerprint density at radius 1 is 1.21 bits per heavy atom. The quantitative estimate of drug-likeness (QED) is 0.822. The summed E-state index contributed by atoms with van der Waals surface area (Å²) in [6.45, 7) is 0. The number of rotatable bonds is 2. The number of hydrogen-bond acceptors (Lipinski definition) is 2. The lowest BCUT2D eigenvalue weighted by Crippen LogP contribution is -2.27. The van der Waals surface area contributed by atoms with Gasteiger partial charge in [-0.25, -0.2) is 0 Å². The SMILES string of the molecule is CN(C(=O)c1ccoc1)C1=Cc2ccccc2CC1. The molecule has 1 heterocycles. The molecule has 0 radical (unpaired) electrons. The number of benzene rings is 1. The smallest absolute Gasteiger partial charge is 0.261 e. The number of carbonyl (C=O) groups excluding carboxylic acids is 1. The molecule has 1 aromatic heterocycles. The number of amides is 1. The molecule has 1 amide bonds. The molecule has 0 saturated heterocycles. The lowest BCUT2D eigenvalue weighted by Gasteiger charge is -2.24. The lowest BCUT2D eigenvalue weighted by molar-refractivity contribution is 0.0832. The second kappa shape index (κ2) is 4.76. The van der Waals surface area contributed by atoms with Crippen molar-refractivity contribution in [3.8, 4) is 0 Å². The van der Waals surface area contributed by atoms with Gasteiger partial charge in [-0.05, 0) is 36.1 Å². The summed E-state index contributed by atoms with van der Waals surface area (Å²) < 4.78 is 4.96. The number of carbonyl (C=O) groups is 1. The second-order valence-electron chi connectivity index (χ2n) is 4.71. The first kappa shape index (κ1) is 11.8. The normalized spacial score (nSPS) is 13.6. The minimum atomic E-state index is -0.0284. The van der Waals surface area contributed by atoms with E-state index in [1.54, 1.807) is 11.0 Å². The van der Waals surface area contributed by atoms with E-state index < -0.39 is 0 Å². The average Bonchev–Trinajstić information content (AvgIpc) is 2.99. The van der Waals surface area contributed by atoms with Gasteiger partial charge in [0, 0.05) is 12.7 Å². The Morgan fingerprint density at radius 3 is 2.84 bits per heavy atom. The van der Waals surface area contributed by atoms with E-state index in [1.807, 2.05) is 13.1 Å². The molecule has 1 aliphatic rings. The van der Waals surface area contributed by atoms with Crippen LogP contribution < -0.4 is 0 Å². The van der Waals surface area contributed by atoms with Crippen LogP contribution in [0.3, 0.4) is 0 Å². The zero-order valence-electron chi connectivity index (χ0n) is 10.8. The predicted octanol–water partition coefficient (Wildman–Crippen LogP) is 3.34. The van der Waals surface area contributed by atoms with Gasteiger partial charge >= 0.3 is 0 Å². The number of allylic oxidation sites excluding steroid dienone is 1. The van der Waals surface area contributed by atoms with Gasteiger partial charge in [0.25, 0.3) is 5.91 Å². The molecule has 0 saturated carbocycles. The summed E-state index contributed by atoms with van der Waals surface area (Å²) in [5.41, 5.74) is 4.18. The zero-order chi connectivity index (χ0) is 13.2. The van der Waals surface area contributed by atoms with Crippen molar-refractivity contribution in [3.63, 3.8) is 0 Å². The van der Waals surface area contributed by atoms with Crippen LogP contribution in [0, 0.1) is 0 Å². The molecule has 1 aliphatic carbocycles. The van der Waals surface area contributed by atoms with Gasteiger partial charge in [0.1, 0.15) is 6.26 Å². The molecule has 1 aromatic carbocycles. The van der Waals surface area contributed by atoms with Gasteiger partial charge in [0.05, 0.1) is 11.8 Å². The van der Waals surface area contributed by atoms with Crippen molar-refractivity contribution in [2.75, 3.05) is 7.05 Å². The molecule has 0 spiro atoms. The maximum absolute atomic E-state index is 12.2. The summed E-state index contributed by atoms with van der Waals surface area (Å²) in [4.78, 5) is 14.0. The Bertz CT molecular complexity index is 626. The van der Waals surface area contributed by atoms with E-state index in [1.165, 1.54) is 23.7 Å². The molecule has 3 rings (SSSR count). The highest BCUT2D eigenvalue weighted by Crippen LogP contribution is 2.26. The minimum absolute atomic E-state index is 0.0284. The minimum Gasteiger partial charge on any atom is -0.472 e. The largest absolute Gasteiger partial charge is 0.472 e. The maximum atomic E-state index is 12.2. The third-order valence-corrected chi connectivity index (χ3v) is 3.53. The molecule has 96 valence electrons. The highest BCUT2D eigenvalue weighted by Gasteiger charge is 2.19. The van der Waals surface area contributed by atoms with E-state index in [0.29, 0.717) is 5.56 Å². The Labute approximate surface area is 112 Å². The third-order valence-electron chi connectivity index (χ3n) is 3.53. The first-order valence-corrected chi connectivity index (χ1v) is 6.34. The summed E-state index contributed by atoms with van der Waals surface area (Å²) in [5, 5.41) is 0. The summed E-state index contributed by atoms with van der Waals surface area (Å²) in [6, 6.07) is 10.00. The molecule has 3 nitrogen and oxygen atoms in total. The number of nitrogens with zero attached hydrogens (tertiary/aromatic N) is 1. The van der Waals surface area contributed by atoms with Crippen LogP contribution in [0.4, 0.5) is 0 Å². The van der Waals surface area contributed by atoms with Crippen molar-refractivity contribution in [2.24, 2.45) is 0 Å². The van der Waals surface area contributed by atoms with Crippen molar-refractivity contribution in [2.45, 2.75) is 12.8 Å². The van der Waals surface area contributed by atoms with Crippen molar-refractivity contribution in [1.29, 1.82) is 0 Å². The van der Waals surface area contributed by atoms with Crippen LogP contribution in [0.15, 0.2) is 53.0 Å². The molecule has 0 N–H and O–H groups in total.